The Morgan fingerprint density at radius 2 is 1.56 bits per heavy atom. The molecule has 18 heavy (non-hydrogen) atoms. The van der Waals surface area contributed by atoms with Crippen LogP contribution in [0.1, 0.15) is 10.4 Å². The van der Waals surface area contributed by atoms with Crippen LogP contribution >= 0.6 is 0 Å². The topological polar surface area (TPSA) is 40.9 Å². The quantitative estimate of drug-likeness (QED) is 0.364. The SMILES string of the molecule is N#CC(=O)c1cccc2cc3ccccc3cc12. The summed E-state index contributed by atoms with van der Waals surface area (Å²) in [5.74, 6) is -0.490. The van der Waals surface area contributed by atoms with Crippen molar-refractivity contribution in [3.8, 4) is 6.07 Å². The van der Waals surface area contributed by atoms with Crippen LogP contribution in [0.25, 0.3) is 21.5 Å². The second kappa shape index (κ2) is 3.97. The number of rotatable bonds is 1. The first kappa shape index (κ1) is 10.5. The first-order valence-electron chi connectivity index (χ1n) is 5.65. The number of fused-ring (bicyclic) bond motifs is 2. The van der Waals surface area contributed by atoms with Crippen molar-refractivity contribution >= 4 is 27.3 Å². The van der Waals surface area contributed by atoms with Crippen LogP contribution in [0.2, 0.25) is 0 Å². The highest BCUT2D eigenvalue weighted by atomic mass is 16.1. The number of carbonyl (C=O) groups excluding carboxylic acids is 1. The van der Waals surface area contributed by atoms with E-state index in [2.05, 4.69) is 0 Å². The van der Waals surface area contributed by atoms with Crippen molar-refractivity contribution in [3.63, 3.8) is 0 Å². The van der Waals surface area contributed by atoms with E-state index in [1.54, 1.807) is 12.1 Å². The average Bonchev–Trinajstić information content (AvgIpc) is 2.43. The molecule has 0 aliphatic carbocycles. The maximum absolute atomic E-state index is 11.6. The molecule has 0 unspecified atom stereocenters. The number of ketones is 1. The summed E-state index contributed by atoms with van der Waals surface area (Å²) in [6.45, 7) is 0. The lowest BCUT2D eigenvalue weighted by Gasteiger charge is -2.05. The largest absolute Gasteiger partial charge is 0.277 e. The molecule has 0 aromatic heterocycles. The minimum Gasteiger partial charge on any atom is -0.277 e. The molecule has 3 aromatic rings. The van der Waals surface area contributed by atoms with Crippen LogP contribution in [0.3, 0.4) is 0 Å². The van der Waals surface area contributed by atoms with Crippen LogP contribution in [0, 0.1) is 11.3 Å². The zero-order chi connectivity index (χ0) is 12.5. The van der Waals surface area contributed by atoms with Gasteiger partial charge in [-0.05, 0) is 39.7 Å². The van der Waals surface area contributed by atoms with Crippen LogP contribution in [-0.4, -0.2) is 5.78 Å². The van der Waals surface area contributed by atoms with E-state index in [9.17, 15) is 4.79 Å². The number of benzene rings is 3. The Labute approximate surface area is 104 Å². The van der Waals surface area contributed by atoms with Gasteiger partial charge in [0.2, 0.25) is 0 Å². The molecule has 0 radical (unpaired) electrons. The molecule has 0 fully saturated rings. The van der Waals surface area contributed by atoms with Crippen LogP contribution in [0.5, 0.6) is 0 Å². The first-order chi connectivity index (χ1) is 8.79. The van der Waals surface area contributed by atoms with Gasteiger partial charge < -0.3 is 0 Å². The van der Waals surface area contributed by atoms with E-state index in [0.29, 0.717) is 5.56 Å². The molecule has 0 spiro atoms. The Hall–Kier alpha value is -2.66. The molecule has 0 bridgehead atoms. The molecule has 3 aromatic carbocycles. The second-order valence-electron chi connectivity index (χ2n) is 4.17. The molecule has 0 N–H and O–H groups in total. The summed E-state index contributed by atoms with van der Waals surface area (Å²) in [5.41, 5.74) is 0.473. The fourth-order valence-electron chi connectivity index (χ4n) is 2.23. The number of hydrogen-bond acceptors (Lipinski definition) is 2. The lowest BCUT2D eigenvalue weighted by Crippen LogP contribution is -1.95. The highest BCUT2D eigenvalue weighted by molar-refractivity contribution is 6.17. The highest BCUT2D eigenvalue weighted by Gasteiger charge is 2.09. The number of nitrogens with zero attached hydrogens (tertiary/aromatic N) is 1. The Kier molecular flexibility index (Phi) is 2.32. The van der Waals surface area contributed by atoms with E-state index in [0.717, 1.165) is 21.5 Å². The van der Waals surface area contributed by atoms with Crippen LogP contribution in [-0.2, 0) is 0 Å². The van der Waals surface area contributed by atoms with Gasteiger partial charge in [-0.3, -0.25) is 4.79 Å². The van der Waals surface area contributed by atoms with Gasteiger partial charge in [-0.15, -0.1) is 0 Å². The number of Topliss-reactive ketones (excluding diaryl/α,β-unsaturated/α-hetero) is 1. The van der Waals surface area contributed by atoms with Gasteiger partial charge in [-0.25, -0.2) is 0 Å². The Balaban J connectivity index is 2.44. The van der Waals surface area contributed by atoms with Crippen LogP contribution in [0.4, 0.5) is 0 Å². The van der Waals surface area contributed by atoms with Crippen molar-refractivity contribution in [1.82, 2.24) is 0 Å². The number of nitriles is 1. The smallest absolute Gasteiger partial charge is 0.262 e. The minimum absolute atomic E-state index is 0.473. The van der Waals surface area contributed by atoms with Gasteiger partial charge in [0, 0.05) is 5.56 Å². The summed E-state index contributed by atoms with van der Waals surface area (Å²) in [6.07, 6.45) is 0. The van der Waals surface area contributed by atoms with E-state index >= 15 is 0 Å². The molecular formula is C16H9NO. The maximum Gasteiger partial charge on any atom is 0.262 e. The zero-order valence-electron chi connectivity index (χ0n) is 9.55. The number of carbonyl (C=O) groups is 1. The molecule has 0 aliphatic rings. The summed E-state index contributed by atoms with van der Waals surface area (Å²) in [6, 6.07) is 19.1. The normalized spacial score (nSPS) is 10.4. The minimum atomic E-state index is -0.490. The Bertz CT molecular complexity index is 812. The van der Waals surface area contributed by atoms with Crippen molar-refractivity contribution in [2.45, 2.75) is 0 Å². The third kappa shape index (κ3) is 1.54. The van der Waals surface area contributed by atoms with Crippen LogP contribution < -0.4 is 0 Å². The third-order valence-electron chi connectivity index (χ3n) is 3.09. The molecular weight excluding hydrogens is 222 g/mol. The summed E-state index contributed by atoms with van der Waals surface area (Å²) in [5, 5.41) is 12.8. The fourth-order valence-corrected chi connectivity index (χ4v) is 2.23. The van der Waals surface area contributed by atoms with Gasteiger partial charge in [0.1, 0.15) is 6.07 Å². The van der Waals surface area contributed by atoms with Gasteiger partial charge in [0.15, 0.2) is 0 Å². The Morgan fingerprint density at radius 3 is 2.28 bits per heavy atom. The summed E-state index contributed by atoms with van der Waals surface area (Å²) in [4.78, 5) is 11.6. The monoisotopic (exact) mass is 231 g/mol. The van der Waals surface area contributed by atoms with E-state index < -0.39 is 5.78 Å². The van der Waals surface area contributed by atoms with Crippen LogP contribution in [0.15, 0.2) is 54.6 Å². The summed E-state index contributed by atoms with van der Waals surface area (Å²) < 4.78 is 0. The molecule has 84 valence electrons. The summed E-state index contributed by atoms with van der Waals surface area (Å²) in [7, 11) is 0. The molecule has 0 saturated heterocycles. The average molecular weight is 231 g/mol. The van der Waals surface area contributed by atoms with Crippen molar-refractivity contribution in [1.29, 1.82) is 5.26 Å². The molecule has 0 aliphatic heterocycles. The predicted molar refractivity (Wildman–Crippen MR) is 71.4 cm³/mol. The second-order valence-corrected chi connectivity index (χ2v) is 4.17. The Morgan fingerprint density at radius 1 is 0.889 bits per heavy atom. The van der Waals surface area contributed by atoms with Gasteiger partial charge in [0.05, 0.1) is 0 Å². The third-order valence-corrected chi connectivity index (χ3v) is 3.09. The molecule has 0 atom stereocenters. The lowest BCUT2D eigenvalue weighted by molar-refractivity contribution is 0.105. The van der Waals surface area contributed by atoms with Gasteiger partial charge >= 0.3 is 0 Å². The lowest BCUT2D eigenvalue weighted by atomic mass is 9.98. The molecule has 0 saturated carbocycles. The maximum atomic E-state index is 11.6. The van der Waals surface area contributed by atoms with Crippen molar-refractivity contribution in [2.24, 2.45) is 0 Å². The van der Waals surface area contributed by atoms with Crippen molar-refractivity contribution < 1.29 is 4.79 Å². The first-order valence-corrected chi connectivity index (χ1v) is 5.65. The van der Waals surface area contributed by atoms with E-state index in [4.69, 9.17) is 5.26 Å². The van der Waals surface area contributed by atoms with E-state index in [1.165, 1.54) is 0 Å². The number of hydrogen-bond donors (Lipinski definition) is 0. The van der Waals surface area contributed by atoms with Gasteiger partial charge in [-0.1, -0.05) is 36.4 Å². The van der Waals surface area contributed by atoms with Crippen molar-refractivity contribution in [3.05, 3.63) is 60.2 Å². The van der Waals surface area contributed by atoms with E-state index in [-0.39, 0.29) is 0 Å². The molecule has 0 heterocycles. The predicted octanol–water partition coefficient (Wildman–Crippen LogP) is 3.70. The van der Waals surface area contributed by atoms with Gasteiger partial charge in [-0.2, -0.15) is 5.26 Å². The van der Waals surface area contributed by atoms with Gasteiger partial charge in [0.25, 0.3) is 5.78 Å². The highest BCUT2D eigenvalue weighted by Crippen LogP contribution is 2.25. The zero-order valence-corrected chi connectivity index (χ0v) is 9.55. The standard InChI is InChI=1S/C16H9NO/c17-10-16(18)14-7-3-6-13-8-11-4-1-2-5-12(11)9-15(13)14/h1-9H. The van der Waals surface area contributed by atoms with Crippen molar-refractivity contribution in [2.75, 3.05) is 0 Å². The molecule has 0 amide bonds. The molecule has 2 nitrogen and oxygen atoms in total. The molecule has 2 heteroatoms. The summed E-state index contributed by atoms with van der Waals surface area (Å²) >= 11 is 0. The van der Waals surface area contributed by atoms with E-state index in [1.807, 2.05) is 48.5 Å². The fraction of sp³-hybridized carbons (Fsp3) is 0. The molecule has 3 rings (SSSR count).